The minimum absolute atomic E-state index is 0.389. The van der Waals surface area contributed by atoms with Crippen LogP contribution in [0.4, 0.5) is 11.8 Å². The Hall–Kier alpha value is -1.18. The van der Waals surface area contributed by atoms with Crippen LogP contribution in [0.2, 0.25) is 5.15 Å². The highest BCUT2D eigenvalue weighted by Gasteiger charge is 2.15. The first kappa shape index (κ1) is 16.2. The van der Waals surface area contributed by atoms with Crippen molar-refractivity contribution in [3.63, 3.8) is 0 Å². The van der Waals surface area contributed by atoms with E-state index < -0.39 is 0 Å². The molecule has 0 bridgehead atoms. The molecule has 1 aromatic rings. The highest BCUT2D eigenvalue weighted by Crippen LogP contribution is 2.19. The molecule has 0 unspecified atom stereocenters. The van der Waals surface area contributed by atoms with Crippen LogP contribution in [0.3, 0.4) is 0 Å². The van der Waals surface area contributed by atoms with Gasteiger partial charge in [0.15, 0.2) is 5.11 Å². The average molecular weight is 330 g/mol. The van der Waals surface area contributed by atoms with Crippen molar-refractivity contribution in [3.05, 3.63) is 11.2 Å². The lowest BCUT2D eigenvalue weighted by molar-refractivity contribution is 0.122. The average Bonchev–Trinajstić information content (AvgIpc) is 2.45. The van der Waals surface area contributed by atoms with Crippen LogP contribution in [0, 0.1) is 5.92 Å². The van der Waals surface area contributed by atoms with Crippen LogP contribution < -0.4 is 15.5 Å². The number of anilines is 2. The Morgan fingerprint density at radius 3 is 2.81 bits per heavy atom. The first-order valence-electron chi connectivity index (χ1n) is 6.96. The fourth-order valence-electron chi connectivity index (χ4n) is 1.86. The molecule has 0 radical (unpaired) electrons. The number of halogens is 1. The molecule has 1 aromatic heterocycles. The topological polar surface area (TPSA) is 62.3 Å². The highest BCUT2D eigenvalue weighted by molar-refractivity contribution is 7.80. The Labute approximate surface area is 135 Å². The van der Waals surface area contributed by atoms with E-state index in [1.165, 1.54) is 0 Å². The van der Waals surface area contributed by atoms with Gasteiger partial charge in [0.1, 0.15) is 11.0 Å². The van der Waals surface area contributed by atoms with Gasteiger partial charge in [0, 0.05) is 25.7 Å². The van der Waals surface area contributed by atoms with E-state index in [1.54, 1.807) is 6.07 Å². The number of hydrogen-bond acceptors (Lipinski definition) is 5. The third kappa shape index (κ3) is 5.26. The van der Waals surface area contributed by atoms with Gasteiger partial charge in [-0.25, -0.2) is 4.98 Å². The standard InChI is InChI=1S/C13H20ClN5OS/c1-9(2)8-15-13(21)18-12-16-10(14)7-11(17-12)19-3-5-20-6-4-19/h7,9H,3-6,8H2,1-2H3,(H2,15,16,17,18,21). The molecule has 6 nitrogen and oxygen atoms in total. The molecule has 0 atom stereocenters. The minimum atomic E-state index is 0.389. The second kappa shape index (κ2) is 7.72. The lowest BCUT2D eigenvalue weighted by Crippen LogP contribution is -2.37. The summed E-state index contributed by atoms with van der Waals surface area (Å²) >= 11 is 11.3. The summed E-state index contributed by atoms with van der Waals surface area (Å²) in [7, 11) is 0. The summed E-state index contributed by atoms with van der Waals surface area (Å²) in [4.78, 5) is 10.7. The summed E-state index contributed by atoms with van der Waals surface area (Å²) in [5, 5.41) is 6.97. The van der Waals surface area contributed by atoms with Gasteiger partial charge in [-0.05, 0) is 18.1 Å². The number of ether oxygens (including phenoxy) is 1. The number of nitrogens with zero attached hydrogens (tertiary/aromatic N) is 3. The van der Waals surface area contributed by atoms with Gasteiger partial charge in [0.2, 0.25) is 5.95 Å². The fraction of sp³-hybridized carbons (Fsp3) is 0.615. The van der Waals surface area contributed by atoms with Crippen molar-refractivity contribution in [2.45, 2.75) is 13.8 Å². The number of nitrogens with one attached hydrogen (secondary N) is 2. The molecule has 0 spiro atoms. The van der Waals surface area contributed by atoms with Gasteiger partial charge in [-0.1, -0.05) is 25.4 Å². The quantitative estimate of drug-likeness (QED) is 0.646. The van der Waals surface area contributed by atoms with Crippen molar-refractivity contribution in [3.8, 4) is 0 Å². The molecule has 2 rings (SSSR count). The van der Waals surface area contributed by atoms with E-state index in [2.05, 4.69) is 39.3 Å². The maximum atomic E-state index is 6.07. The summed E-state index contributed by atoms with van der Waals surface area (Å²) in [6, 6.07) is 1.75. The molecule has 1 fully saturated rings. The predicted octanol–water partition coefficient (Wildman–Crippen LogP) is 1.91. The summed E-state index contributed by atoms with van der Waals surface area (Å²) in [6.45, 7) is 8.00. The van der Waals surface area contributed by atoms with Crippen LogP contribution in [-0.2, 0) is 4.74 Å². The Morgan fingerprint density at radius 2 is 2.14 bits per heavy atom. The summed E-state index contributed by atoms with van der Waals surface area (Å²) in [5.41, 5.74) is 0. The van der Waals surface area contributed by atoms with Gasteiger partial charge in [0.05, 0.1) is 13.2 Å². The van der Waals surface area contributed by atoms with Gasteiger partial charge in [-0.3, -0.25) is 0 Å². The van der Waals surface area contributed by atoms with E-state index in [4.69, 9.17) is 28.6 Å². The Morgan fingerprint density at radius 1 is 1.43 bits per heavy atom. The monoisotopic (exact) mass is 329 g/mol. The molecule has 21 heavy (non-hydrogen) atoms. The summed E-state index contributed by atoms with van der Waals surface area (Å²) in [5.74, 6) is 1.70. The van der Waals surface area contributed by atoms with Gasteiger partial charge in [-0.15, -0.1) is 0 Å². The third-order valence-electron chi connectivity index (χ3n) is 2.91. The first-order chi connectivity index (χ1) is 10.0. The van der Waals surface area contributed by atoms with Crippen LogP contribution in [-0.4, -0.2) is 47.9 Å². The lowest BCUT2D eigenvalue weighted by Gasteiger charge is -2.28. The zero-order valence-electron chi connectivity index (χ0n) is 12.2. The van der Waals surface area contributed by atoms with E-state index in [9.17, 15) is 0 Å². The largest absolute Gasteiger partial charge is 0.378 e. The summed E-state index contributed by atoms with van der Waals surface area (Å²) in [6.07, 6.45) is 0. The van der Waals surface area contributed by atoms with Gasteiger partial charge in [-0.2, -0.15) is 4.98 Å². The summed E-state index contributed by atoms with van der Waals surface area (Å²) < 4.78 is 5.34. The second-order valence-electron chi connectivity index (χ2n) is 5.20. The molecule has 1 aliphatic heterocycles. The van der Waals surface area contributed by atoms with E-state index >= 15 is 0 Å². The van der Waals surface area contributed by atoms with Crippen LogP contribution >= 0.6 is 23.8 Å². The van der Waals surface area contributed by atoms with E-state index in [-0.39, 0.29) is 0 Å². The van der Waals surface area contributed by atoms with Crippen LogP contribution in [0.5, 0.6) is 0 Å². The van der Waals surface area contributed by atoms with Crippen LogP contribution in [0.25, 0.3) is 0 Å². The predicted molar refractivity (Wildman–Crippen MR) is 89.1 cm³/mol. The van der Waals surface area contributed by atoms with E-state index in [0.29, 0.717) is 35.3 Å². The van der Waals surface area contributed by atoms with Gasteiger partial charge in [0.25, 0.3) is 0 Å². The normalized spacial score (nSPS) is 15.1. The van der Waals surface area contributed by atoms with Crippen molar-refractivity contribution in [1.82, 2.24) is 15.3 Å². The molecular formula is C13H20ClN5OS. The lowest BCUT2D eigenvalue weighted by atomic mass is 10.2. The van der Waals surface area contributed by atoms with E-state index in [1.807, 2.05) is 0 Å². The fourth-order valence-corrected chi connectivity index (χ4v) is 2.21. The van der Waals surface area contributed by atoms with Crippen molar-refractivity contribution in [2.75, 3.05) is 43.1 Å². The molecular weight excluding hydrogens is 310 g/mol. The molecule has 2 N–H and O–H groups in total. The van der Waals surface area contributed by atoms with Crippen molar-refractivity contribution in [1.29, 1.82) is 0 Å². The molecule has 0 aliphatic carbocycles. The molecule has 2 heterocycles. The van der Waals surface area contributed by atoms with Crippen molar-refractivity contribution in [2.24, 2.45) is 5.92 Å². The number of hydrogen-bond donors (Lipinski definition) is 2. The van der Waals surface area contributed by atoms with Crippen LogP contribution in [0.15, 0.2) is 6.07 Å². The van der Waals surface area contributed by atoms with Crippen molar-refractivity contribution < 1.29 is 4.74 Å². The molecule has 0 saturated carbocycles. The molecule has 8 heteroatoms. The maximum absolute atomic E-state index is 6.07. The second-order valence-corrected chi connectivity index (χ2v) is 6.00. The first-order valence-corrected chi connectivity index (χ1v) is 7.75. The molecule has 0 amide bonds. The molecule has 0 aromatic carbocycles. The SMILES string of the molecule is CC(C)CNC(=S)Nc1nc(Cl)cc(N2CCOCC2)n1. The zero-order chi connectivity index (χ0) is 15.2. The number of morpholine rings is 1. The van der Waals surface area contributed by atoms with Gasteiger partial charge < -0.3 is 20.3 Å². The van der Waals surface area contributed by atoms with Gasteiger partial charge >= 0.3 is 0 Å². The molecule has 1 aliphatic rings. The molecule has 1 saturated heterocycles. The van der Waals surface area contributed by atoms with Crippen molar-refractivity contribution >= 4 is 40.7 Å². The molecule has 116 valence electrons. The highest BCUT2D eigenvalue weighted by atomic mass is 35.5. The Kier molecular flexibility index (Phi) is 5.96. The smallest absolute Gasteiger partial charge is 0.232 e. The minimum Gasteiger partial charge on any atom is -0.378 e. The maximum Gasteiger partial charge on any atom is 0.232 e. The Bertz CT molecular complexity index is 493. The van der Waals surface area contributed by atoms with Crippen LogP contribution in [0.1, 0.15) is 13.8 Å². The third-order valence-corrected chi connectivity index (χ3v) is 3.35. The number of rotatable bonds is 4. The number of thiocarbonyl (C=S) groups is 1. The van der Waals surface area contributed by atoms with E-state index in [0.717, 1.165) is 25.5 Å². The zero-order valence-corrected chi connectivity index (χ0v) is 13.8. The number of aromatic nitrogens is 2. The Balaban J connectivity index is 2.02.